The molecular weight excluding hydrogens is 308 g/mol. The summed E-state index contributed by atoms with van der Waals surface area (Å²) in [6.07, 6.45) is 26.0. The van der Waals surface area contributed by atoms with Gasteiger partial charge in [-0.1, -0.05) is 104 Å². The summed E-state index contributed by atoms with van der Waals surface area (Å²) in [5.41, 5.74) is 0. The van der Waals surface area contributed by atoms with Gasteiger partial charge < -0.3 is 0 Å². The molecule has 0 aromatic carbocycles. The number of hydrogen-bond acceptors (Lipinski definition) is 0. The Kier molecular flexibility index (Phi) is 18.4. The number of rotatable bonds is 19. The van der Waals surface area contributed by atoms with Crippen LogP contribution in [-0.4, -0.2) is 23.5 Å². The Morgan fingerprint density at radius 2 is 0.625 bits per heavy atom. The minimum Gasteiger partial charge on any atom is -0.244 e. The Hall–Kier alpha value is 0.350. The summed E-state index contributed by atoms with van der Waals surface area (Å²) in [7, 11) is -0.306. The first-order valence-corrected chi connectivity index (χ1v) is 13.9. The van der Waals surface area contributed by atoms with Gasteiger partial charge in [-0.2, -0.15) is 0 Å². The van der Waals surface area contributed by atoms with Crippen LogP contribution in [0.3, 0.4) is 0 Å². The van der Waals surface area contributed by atoms with Gasteiger partial charge in [-0.3, -0.25) is 0 Å². The predicted octanol–water partition coefficient (Wildman–Crippen LogP) is 8.72. The van der Waals surface area contributed by atoms with Gasteiger partial charge in [0.1, 0.15) is 0 Å². The maximum Gasteiger partial charge on any atom is -0.0230 e. The van der Waals surface area contributed by atoms with Crippen molar-refractivity contribution in [3.8, 4) is 0 Å². The van der Waals surface area contributed by atoms with Gasteiger partial charge in [-0.05, 0) is 42.8 Å². The third kappa shape index (κ3) is 15.9. The molecule has 0 amide bonds. The van der Waals surface area contributed by atoms with Crippen LogP contribution in [0, 0.1) is 0 Å². The fourth-order valence-electron chi connectivity index (χ4n) is 3.65. The van der Waals surface area contributed by atoms with Crippen molar-refractivity contribution in [2.75, 3.05) is 23.5 Å². The van der Waals surface area contributed by atoms with E-state index in [0.717, 1.165) is 0 Å². The summed E-state index contributed by atoms with van der Waals surface area (Å²) in [4.78, 5) is 0. The van der Waals surface area contributed by atoms with E-state index in [4.69, 9.17) is 0 Å². The van der Waals surface area contributed by atoms with Gasteiger partial charge in [-0.15, -0.1) is 0 Å². The zero-order chi connectivity index (χ0) is 17.9. The van der Waals surface area contributed by atoms with Crippen molar-refractivity contribution >= 4 is 10.0 Å². The summed E-state index contributed by atoms with van der Waals surface area (Å²) in [5, 5.41) is 0. The highest BCUT2D eigenvalue weighted by Crippen LogP contribution is 2.47. The molecule has 0 nitrogen and oxygen atoms in total. The lowest BCUT2D eigenvalue weighted by Crippen LogP contribution is -2.13. The van der Waals surface area contributed by atoms with E-state index in [-0.39, 0.29) is 10.0 Å². The standard InChI is InChI=1S/C23H50S/c1-5-8-11-14-17-20-23-24(4,21-18-15-12-9-6-2)22-19-16-13-10-7-3/h5-23H2,1-4H3. The normalized spacial score (nSPS) is 12.7. The maximum absolute atomic E-state index is 2.69. The van der Waals surface area contributed by atoms with Crippen molar-refractivity contribution in [3.05, 3.63) is 0 Å². The molecule has 0 saturated heterocycles. The van der Waals surface area contributed by atoms with E-state index in [1.807, 2.05) is 0 Å². The smallest absolute Gasteiger partial charge is 0.0230 e. The third-order valence-corrected chi connectivity index (χ3v) is 9.29. The molecule has 0 spiro atoms. The molecule has 0 saturated carbocycles. The van der Waals surface area contributed by atoms with Gasteiger partial charge in [0.15, 0.2) is 0 Å². The number of hydrogen-bond donors (Lipinski definition) is 0. The highest BCUT2D eigenvalue weighted by molar-refractivity contribution is 8.33. The summed E-state index contributed by atoms with van der Waals surface area (Å²) >= 11 is 0. The van der Waals surface area contributed by atoms with E-state index in [1.165, 1.54) is 103 Å². The molecule has 1 heteroatoms. The molecule has 0 aliphatic carbocycles. The van der Waals surface area contributed by atoms with Gasteiger partial charge in [0.25, 0.3) is 0 Å². The molecule has 24 heavy (non-hydrogen) atoms. The van der Waals surface area contributed by atoms with E-state index in [9.17, 15) is 0 Å². The molecule has 148 valence electrons. The van der Waals surface area contributed by atoms with Gasteiger partial charge in [0.05, 0.1) is 0 Å². The SMILES string of the molecule is CCCCCCCCS(C)(CCCCCCC)CCCCCCC. The largest absolute Gasteiger partial charge is 0.244 e. The zero-order valence-corrected chi connectivity index (χ0v) is 18.7. The van der Waals surface area contributed by atoms with Crippen LogP contribution in [0.5, 0.6) is 0 Å². The van der Waals surface area contributed by atoms with Crippen molar-refractivity contribution in [2.45, 2.75) is 124 Å². The van der Waals surface area contributed by atoms with Gasteiger partial charge in [0.2, 0.25) is 0 Å². The second-order valence-corrected chi connectivity index (χ2v) is 12.4. The second-order valence-electron chi connectivity index (χ2n) is 8.19. The van der Waals surface area contributed by atoms with E-state index >= 15 is 0 Å². The fourth-order valence-corrected chi connectivity index (χ4v) is 6.96. The molecule has 0 aliphatic heterocycles. The van der Waals surface area contributed by atoms with Crippen LogP contribution in [-0.2, 0) is 0 Å². The molecular formula is C23H50S. The summed E-state index contributed by atoms with van der Waals surface area (Å²) in [5.74, 6) is 4.71. The molecule has 0 aromatic heterocycles. The summed E-state index contributed by atoms with van der Waals surface area (Å²) in [6, 6.07) is 0. The Labute approximate surface area is 157 Å². The van der Waals surface area contributed by atoms with Crippen molar-refractivity contribution in [2.24, 2.45) is 0 Å². The van der Waals surface area contributed by atoms with Crippen LogP contribution >= 0.6 is 10.0 Å². The Bertz CT molecular complexity index is 222. The first-order valence-electron chi connectivity index (χ1n) is 11.4. The average molecular weight is 359 g/mol. The quantitative estimate of drug-likeness (QED) is 0.202. The minimum atomic E-state index is -0.306. The molecule has 0 atom stereocenters. The van der Waals surface area contributed by atoms with Gasteiger partial charge >= 0.3 is 0 Å². The Morgan fingerprint density at radius 3 is 0.917 bits per heavy atom. The highest BCUT2D eigenvalue weighted by Gasteiger charge is 2.17. The molecule has 0 bridgehead atoms. The van der Waals surface area contributed by atoms with E-state index in [0.29, 0.717) is 0 Å². The lowest BCUT2D eigenvalue weighted by Gasteiger charge is -2.37. The third-order valence-electron chi connectivity index (χ3n) is 5.47. The lowest BCUT2D eigenvalue weighted by atomic mass is 10.1. The monoisotopic (exact) mass is 358 g/mol. The van der Waals surface area contributed by atoms with Crippen LogP contribution in [0.4, 0.5) is 0 Å². The van der Waals surface area contributed by atoms with Crippen LogP contribution < -0.4 is 0 Å². The molecule has 0 unspecified atom stereocenters. The summed E-state index contributed by atoms with van der Waals surface area (Å²) in [6.45, 7) is 6.97. The Morgan fingerprint density at radius 1 is 0.375 bits per heavy atom. The second kappa shape index (κ2) is 18.2. The first kappa shape index (κ1) is 24.4. The zero-order valence-electron chi connectivity index (χ0n) is 17.8. The van der Waals surface area contributed by atoms with Crippen molar-refractivity contribution in [1.29, 1.82) is 0 Å². The van der Waals surface area contributed by atoms with Crippen LogP contribution in [0.1, 0.15) is 124 Å². The molecule has 0 rings (SSSR count). The number of unbranched alkanes of at least 4 members (excludes halogenated alkanes) is 13. The molecule has 0 radical (unpaired) electrons. The van der Waals surface area contributed by atoms with Crippen LogP contribution in [0.2, 0.25) is 0 Å². The van der Waals surface area contributed by atoms with Crippen molar-refractivity contribution < 1.29 is 0 Å². The van der Waals surface area contributed by atoms with Gasteiger partial charge in [-0.25, -0.2) is 10.0 Å². The average Bonchev–Trinajstić information content (AvgIpc) is 2.58. The van der Waals surface area contributed by atoms with E-state index in [2.05, 4.69) is 27.0 Å². The molecule has 0 heterocycles. The topological polar surface area (TPSA) is 0 Å². The fraction of sp³-hybridized carbons (Fsp3) is 1.00. The van der Waals surface area contributed by atoms with E-state index < -0.39 is 0 Å². The Balaban J connectivity index is 4.00. The van der Waals surface area contributed by atoms with Crippen LogP contribution in [0.25, 0.3) is 0 Å². The van der Waals surface area contributed by atoms with Crippen LogP contribution in [0.15, 0.2) is 0 Å². The van der Waals surface area contributed by atoms with Gasteiger partial charge in [0, 0.05) is 0 Å². The maximum atomic E-state index is 2.69. The lowest BCUT2D eigenvalue weighted by molar-refractivity contribution is 0.624. The molecule has 0 fully saturated rings. The minimum absolute atomic E-state index is 0.306. The highest BCUT2D eigenvalue weighted by atomic mass is 32.3. The van der Waals surface area contributed by atoms with Crippen molar-refractivity contribution in [3.63, 3.8) is 0 Å². The van der Waals surface area contributed by atoms with E-state index in [1.54, 1.807) is 17.3 Å². The van der Waals surface area contributed by atoms with Crippen molar-refractivity contribution in [1.82, 2.24) is 0 Å². The molecule has 0 aliphatic rings. The molecule has 0 N–H and O–H groups in total. The molecule has 0 aromatic rings. The summed E-state index contributed by atoms with van der Waals surface area (Å²) < 4.78 is 0. The first-order chi connectivity index (χ1) is 11.7. The predicted molar refractivity (Wildman–Crippen MR) is 119 cm³/mol.